The number of ether oxygens (including phenoxy) is 2. The van der Waals surface area contributed by atoms with Gasteiger partial charge in [-0.2, -0.15) is 0 Å². The van der Waals surface area contributed by atoms with E-state index in [2.05, 4.69) is 9.97 Å². The van der Waals surface area contributed by atoms with E-state index in [1.165, 1.54) is 19.2 Å². The number of nitrogens with zero attached hydrogens (tertiary/aromatic N) is 3. The Labute approximate surface area is 125 Å². The molecule has 0 spiro atoms. The summed E-state index contributed by atoms with van der Waals surface area (Å²) in [5.74, 6) is 1.08. The third-order valence-corrected chi connectivity index (χ3v) is 2.97. The Morgan fingerprint density at radius 1 is 1.29 bits per heavy atom. The number of alkyl halides is 1. The minimum atomic E-state index is -0.511. The maximum Gasteiger partial charge on any atom is 0.277 e. The molecule has 0 atom stereocenters. The van der Waals surface area contributed by atoms with E-state index in [0.29, 0.717) is 17.1 Å². The van der Waals surface area contributed by atoms with Crippen molar-refractivity contribution in [1.29, 1.82) is 0 Å². The molecule has 0 radical (unpaired) electrons. The molecule has 2 aromatic rings. The monoisotopic (exact) mass is 309 g/mol. The fraction of sp³-hybridized carbons (Fsp3) is 0.231. The lowest BCUT2D eigenvalue weighted by Gasteiger charge is -2.11. The van der Waals surface area contributed by atoms with Gasteiger partial charge in [0.05, 0.1) is 24.0 Å². The van der Waals surface area contributed by atoms with Gasteiger partial charge in [0, 0.05) is 18.0 Å². The lowest BCUT2D eigenvalue weighted by molar-refractivity contribution is -0.385. The van der Waals surface area contributed by atoms with Gasteiger partial charge in [0.25, 0.3) is 5.69 Å². The molecular formula is C13H12ClN3O4. The summed E-state index contributed by atoms with van der Waals surface area (Å²) in [6.45, 7) is 0.0780. The first-order chi connectivity index (χ1) is 10.2. The van der Waals surface area contributed by atoms with E-state index in [1.54, 1.807) is 18.5 Å². The van der Waals surface area contributed by atoms with Gasteiger partial charge in [0.1, 0.15) is 6.61 Å². The number of methoxy groups -OCH3 is 1. The molecule has 1 aromatic heterocycles. The topological polar surface area (TPSA) is 87.4 Å². The minimum Gasteiger partial charge on any atom is -0.493 e. The highest BCUT2D eigenvalue weighted by molar-refractivity contribution is 6.17. The van der Waals surface area contributed by atoms with Crippen molar-refractivity contribution in [3.63, 3.8) is 0 Å². The van der Waals surface area contributed by atoms with Gasteiger partial charge < -0.3 is 9.47 Å². The number of rotatable bonds is 6. The molecule has 0 saturated heterocycles. The van der Waals surface area contributed by atoms with Crippen molar-refractivity contribution < 1.29 is 14.4 Å². The Morgan fingerprint density at radius 3 is 2.57 bits per heavy atom. The molecule has 0 bridgehead atoms. The van der Waals surface area contributed by atoms with Crippen LogP contribution < -0.4 is 9.47 Å². The highest BCUT2D eigenvalue weighted by Crippen LogP contribution is 2.35. The van der Waals surface area contributed by atoms with Crippen molar-refractivity contribution in [2.75, 3.05) is 7.11 Å². The van der Waals surface area contributed by atoms with E-state index in [0.717, 1.165) is 0 Å². The van der Waals surface area contributed by atoms with E-state index in [1.807, 2.05) is 0 Å². The van der Waals surface area contributed by atoms with Crippen LogP contribution in [-0.2, 0) is 12.5 Å². The van der Waals surface area contributed by atoms with Crippen LogP contribution in [0, 0.1) is 10.1 Å². The molecule has 0 fully saturated rings. The molecule has 2 rings (SSSR count). The number of benzene rings is 1. The molecule has 0 unspecified atom stereocenters. The Bertz CT molecular complexity index is 637. The van der Waals surface area contributed by atoms with Crippen molar-refractivity contribution >= 4 is 17.3 Å². The van der Waals surface area contributed by atoms with Gasteiger partial charge >= 0.3 is 0 Å². The molecule has 110 valence electrons. The van der Waals surface area contributed by atoms with Crippen molar-refractivity contribution in [2.24, 2.45) is 0 Å². The normalized spacial score (nSPS) is 10.2. The van der Waals surface area contributed by atoms with Crippen molar-refractivity contribution in [3.05, 3.63) is 52.1 Å². The molecule has 1 heterocycles. The lowest BCUT2D eigenvalue weighted by atomic mass is 10.2. The third kappa shape index (κ3) is 3.57. The molecule has 0 amide bonds. The summed E-state index contributed by atoms with van der Waals surface area (Å²) in [4.78, 5) is 18.5. The summed E-state index contributed by atoms with van der Waals surface area (Å²) >= 11 is 5.71. The van der Waals surface area contributed by atoms with Crippen LogP contribution >= 0.6 is 11.6 Å². The maximum absolute atomic E-state index is 11.0. The molecular weight excluding hydrogens is 298 g/mol. The lowest BCUT2D eigenvalue weighted by Crippen LogP contribution is -2.03. The molecule has 0 aliphatic heterocycles. The SMILES string of the molecule is COc1cc(CCl)c([N+](=O)[O-])cc1OCc1ncccn1. The summed E-state index contributed by atoms with van der Waals surface area (Å²) in [5.41, 5.74) is 0.247. The molecule has 7 nitrogen and oxygen atoms in total. The molecule has 0 N–H and O–H groups in total. The summed E-state index contributed by atoms with van der Waals surface area (Å²) in [6.07, 6.45) is 3.17. The van der Waals surface area contributed by atoms with Gasteiger partial charge in [-0.3, -0.25) is 10.1 Å². The highest BCUT2D eigenvalue weighted by Gasteiger charge is 2.19. The minimum absolute atomic E-state index is 0.00868. The van der Waals surface area contributed by atoms with Gasteiger partial charge in [-0.25, -0.2) is 9.97 Å². The zero-order chi connectivity index (χ0) is 15.2. The number of hydrogen-bond acceptors (Lipinski definition) is 6. The first-order valence-electron chi connectivity index (χ1n) is 5.95. The second-order valence-corrected chi connectivity index (χ2v) is 4.24. The van der Waals surface area contributed by atoms with Crippen LogP contribution in [0.25, 0.3) is 0 Å². The Hall–Kier alpha value is -2.41. The smallest absolute Gasteiger partial charge is 0.277 e. The first kappa shape index (κ1) is 15.0. The van der Waals surface area contributed by atoms with E-state index in [4.69, 9.17) is 21.1 Å². The van der Waals surface area contributed by atoms with Crippen molar-refractivity contribution in [2.45, 2.75) is 12.5 Å². The Kier molecular flexibility index (Phi) is 4.89. The summed E-state index contributed by atoms with van der Waals surface area (Å²) < 4.78 is 10.7. The molecule has 1 aromatic carbocycles. The van der Waals surface area contributed by atoms with Crippen molar-refractivity contribution in [1.82, 2.24) is 9.97 Å². The molecule has 8 heteroatoms. The largest absolute Gasteiger partial charge is 0.493 e. The van der Waals surface area contributed by atoms with Crippen LogP contribution in [0.2, 0.25) is 0 Å². The second kappa shape index (κ2) is 6.85. The Balaban J connectivity index is 2.29. The van der Waals surface area contributed by atoms with Gasteiger partial charge in [-0.05, 0) is 12.1 Å². The summed E-state index contributed by atoms with van der Waals surface area (Å²) in [7, 11) is 1.45. The number of hydrogen-bond donors (Lipinski definition) is 0. The van der Waals surface area contributed by atoms with E-state index in [9.17, 15) is 10.1 Å². The first-order valence-corrected chi connectivity index (χ1v) is 6.49. The highest BCUT2D eigenvalue weighted by atomic mass is 35.5. The molecule has 0 aliphatic carbocycles. The number of aromatic nitrogens is 2. The van der Waals surface area contributed by atoms with Gasteiger partial charge in [-0.15, -0.1) is 11.6 Å². The molecule has 0 saturated carbocycles. The zero-order valence-corrected chi connectivity index (χ0v) is 11.9. The average Bonchev–Trinajstić information content (AvgIpc) is 2.52. The van der Waals surface area contributed by atoms with Gasteiger partial charge in [-0.1, -0.05) is 0 Å². The molecule has 21 heavy (non-hydrogen) atoms. The quantitative estimate of drug-likeness (QED) is 0.463. The third-order valence-electron chi connectivity index (χ3n) is 2.68. The predicted molar refractivity (Wildman–Crippen MR) is 75.6 cm³/mol. The summed E-state index contributed by atoms with van der Waals surface area (Å²) in [6, 6.07) is 4.47. The van der Waals surface area contributed by atoms with Gasteiger partial charge in [0.2, 0.25) is 0 Å². The number of halogens is 1. The van der Waals surface area contributed by atoms with Crippen LogP contribution in [0.4, 0.5) is 5.69 Å². The standard InChI is InChI=1S/C13H12ClN3O4/c1-20-11-5-9(7-14)10(17(18)19)6-12(11)21-8-13-15-3-2-4-16-13/h2-6H,7-8H2,1H3. The maximum atomic E-state index is 11.0. The van der Waals surface area contributed by atoms with E-state index in [-0.39, 0.29) is 23.9 Å². The van der Waals surface area contributed by atoms with Crippen molar-refractivity contribution in [3.8, 4) is 11.5 Å². The second-order valence-electron chi connectivity index (χ2n) is 3.98. The van der Waals surface area contributed by atoms with E-state index >= 15 is 0 Å². The fourth-order valence-corrected chi connectivity index (χ4v) is 1.90. The van der Waals surface area contributed by atoms with Crippen LogP contribution in [-0.4, -0.2) is 22.0 Å². The predicted octanol–water partition coefficient (Wildman–Crippen LogP) is 2.71. The van der Waals surface area contributed by atoms with Crippen LogP contribution in [0.15, 0.2) is 30.6 Å². The van der Waals surface area contributed by atoms with Crippen LogP contribution in [0.3, 0.4) is 0 Å². The number of nitro benzene ring substituents is 1. The summed E-state index contributed by atoms with van der Waals surface area (Å²) in [5, 5.41) is 11.0. The molecule has 0 aliphatic rings. The zero-order valence-electron chi connectivity index (χ0n) is 11.2. The van der Waals surface area contributed by atoms with Gasteiger partial charge in [0.15, 0.2) is 17.3 Å². The number of nitro groups is 1. The fourth-order valence-electron chi connectivity index (χ4n) is 1.69. The van der Waals surface area contributed by atoms with Crippen LogP contribution in [0.5, 0.6) is 11.5 Å². The average molecular weight is 310 g/mol. The van der Waals surface area contributed by atoms with Crippen LogP contribution in [0.1, 0.15) is 11.4 Å². The van der Waals surface area contributed by atoms with E-state index < -0.39 is 4.92 Å². The Morgan fingerprint density at radius 2 is 2.00 bits per heavy atom.